The maximum atomic E-state index is 2.45. The fourth-order valence-corrected chi connectivity index (χ4v) is 6.03. The van der Waals surface area contributed by atoms with Crippen LogP contribution in [0.4, 0.5) is 0 Å². The van der Waals surface area contributed by atoms with Gasteiger partial charge in [-0.2, -0.15) is 0 Å². The molecule has 0 spiro atoms. The maximum Gasteiger partial charge on any atom is -0.00201 e. The molecule has 0 fully saturated rings. The van der Waals surface area contributed by atoms with E-state index in [1.165, 1.54) is 70.9 Å². The van der Waals surface area contributed by atoms with Gasteiger partial charge >= 0.3 is 0 Å². The second kappa shape index (κ2) is 8.57. The Morgan fingerprint density at radius 1 is 0.395 bits per heavy atom. The fraction of sp³-hybridized carbons (Fsp3) is 0.105. The van der Waals surface area contributed by atoms with Crippen LogP contribution in [0.1, 0.15) is 26.3 Å². The third-order valence-corrected chi connectivity index (χ3v) is 7.99. The van der Waals surface area contributed by atoms with Gasteiger partial charge in [0.1, 0.15) is 0 Å². The predicted octanol–water partition coefficient (Wildman–Crippen LogP) is 10.9. The SMILES string of the molecule is CC(C)(C)c1ccc2c(-c3cccc4ccccc34)c3ccccc3c(-c3ccc4ccccc4c3)c2c1. The quantitative estimate of drug-likeness (QED) is 0.213. The van der Waals surface area contributed by atoms with Crippen molar-refractivity contribution in [1.29, 1.82) is 0 Å². The van der Waals surface area contributed by atoms with E-state index in [2.05, 4.69) is 148 Å². The second-order valence-electron chi connectivity index (χ2n) is 11.4. The first kappa shape index (κ1) is 22.8. The lowest BCUT2D eigenvalue weighted by Gasteiger charge is -2.23. The highest BCUT2D eigenvalue weighted by Crippen LogP contribution is 2.46. The van der Waals surface area contributed by atoms with E-state index in [1.807, 2.05) is 0 Å². The summed E-state index contributed by atoms with van der Waals surface area (Å²) < 4.78 is 0. The Kier molecular flexibility index (Phi) is 5.13. The lowest BCUT2D eigenvalue weighted by molar-refractivity contribution is 0.591. The van der Waals surface area contributed by atoms with Crippen molar-refractivity contribution >= 4 is 43.1 Å². The van der Waals surface area contributed by atoms with Crippen LogP contribution >= 0.6 is 0 Å². The first-order valence-electron chi connectivity index (χ1n) is 13.5. The van der Waals surface area contributed by atoms with Crippen molar-refractivity contribution in [2.75, 3.05) is 0 Å². The van der Waals surface area contributed by atoms with E-state index in [0.29, 0.717) is 0 Å². The van der Waals surface area contributed by atoms with Crippen LogP contribution in [-0.2, 0) is 5.41 Å². The number of benzene rings is 7. The van der Waals surface area contributed by atoms with Gasteiger partial charge in [0, 0.05) is 0 Å². The Bertz CT molecular complexity index is 1990. The second-order valence-corrected chi connectivity index (χ2v) is 11.4. The molecule has 7 aromatic carbocycles. The van der Waals surface area contributed by atoms with Gasteiger partial charge < -0.3 is 0 Å². The molecule has 0 heterocycles. The highest BCUT2D eigenvalue weighted by atomic mass is 14.2. The molecule has 0 saturated carbocycles. The number of fused-ring (bicyclic) bond motifs is 4. The molecule has 0 atom stereocenters. The summed E-state index contributed by atoms with van der Waals surface area (Å²) in [5.41, 5.74) is 6.60. The van der Waals surface area contributed by atoms with Crippen LogP contribution in [0.5, 0.6) is 0 Å². The van der Waals surface area contributed by atoms with Crippen LogP contribution in [0, 0.1) is 0 Å². The summed E-state index contributed by atoms with van der Waals surface area (Å²) in [5, 5.41) is 10.3. The summed E-state index contributed by atoms with van der Waals surface area (Å²) >= 11 is 0. The minimum atomic E-state index is 0.0557. The third-order valence-electron chi connectivity index (χ3n) is 7.99. The summed E-state index contributed by atoms with van der Waals surface area (Å²) in [7, 11) is 0. The Balaban J connectivity index is 1.68. The molecular formula is C38H30. The number of hydrogen-bond donors (Lipinski definition) is 0. The molecule has 7 rings (SSSR count). The van der Waals surface area contributed by atoms with Crippen LogP contribution in [0.2, 0.25) is 0 Å². The van der Waals surface area contributed by atoms with Gasteiger partial charge in [0.15, 0.2) is 0 Å². The third kappa shape index (κ3) is 3.60. The molecule has 38 heavy (non-hydrogen) atoms. The smallest absolute Gasteiger partial charge is 0.00201 e. The molecule has 0 aromatic heterocycles. The Morgan fingerprint density at radius 3 is 1.76 bits per heavy atom. The van der Waals surface area contributed by atoms with Gasteiger partial charge in [-0.05, 0) is 88.5 Å². The van der Waals surface area contributed by atoms with Gasteiger partial charge in [-0.3, -0.25) is 0 Å². The number of hydrogen-bond acceptors (Lipinski definition) is 0. The highest BCUT2D eigenvalue weighted by Gasteiger charge is 2.21. The van der Waals surface area contributed by atoms with E-state index in [0.717, 1.165) is 0 Å². The normalized spacial score (nSPS) is 12.1. The van der Waals surface area contributed by atoms with E-state index in [-0.39, 0.29) is 5.41 Å². The van der Waals surface area contributed by atoms with Gasteiger partial charge in [-0.1, -0.05) is 136 Å². The van der Waals surface area contributed by atoms with E-state index in [9.17, 15) is 0 Å². The Hall–Kier alpha value is -4.42. The van der Waals surface area contributed by atoms with Crippen LogP contribution in [-0.4, -0.2) is 0 Å². The summed E-state index contributed by atoms with van der Waals surface area (Å²) in [4.78, 5) is 0. The van der Waals surface area contributed by atoms with Crippen LogP contribution in [0.25, 0.3) is 65.3 Å². The van der Waals surface area contributed by atoms with Crippen LogP contribution < -0.4 is 0 Å². The predicted molar refractivity (Wildman–Crippen MR) is 166 cm³/mol. The van der Waals surface area contributed by atoms with Crippen molar-refractivity contribution in [3.63, 3.8) is 0 Å². The molecule has 0 radical (unpaired) electrons. The molecule has 7 aromatic rings. The zero-order valence-electron chi connectivity index (χ0n) is 22.1. The lowest BCUT2D eigenvalue weighted by Crippen LogP contribution is -2.10. The van der Waals surface area contributed by atoms with Gasteiger partial charge in [-0.15, -0.1) is 0 Å². The van der Waals surface area contributed by atoms with Crippen molar-refractivity contribution in [1.82, 2.24) is 0 Å². The first-order valence-corrected chi connectivity index (χ1v) is 13.5. The Morgan fingerprint density at radius 2 is 1.00 bits per heavy atom. The Labute approximate surface area is 224 Å². The van der Waals surface area contributed by atoms with E-state index in [4.69, 9.17) is 0 Å². The minimum absolute atomic E-state index is 0.0557. The van der Waals surface area contributed by atoms with Crippen LogP contribution in [0.15, 0.2) is 127 Å². The summed E-state index contributed by atoms with van der Waals surface area (Å²) in [6, 6.07) is 47.1. The standard InChI is InChI=1S/C38H30/c1-38(2,3)29-21-22-34-35(24-29)36(28-20-19-25-11-4-5-13-27(25)23-28)32-16-8-9-17-33(32)37(34)31-18-10-14-26-12-6-7-15-30(26)31/h4-24H,1-3H3. The average Bonchev–Trinajstić information content (AvgIpc) is 2.94. The molecule has 0 aliphatic carbocycles. The molecule has 0 amide bonds. The van der Waals surface area contributed by atoms with E-state index < -0.39 is 0 Å². The van der Waals surface area contributed by atoms with Crippen LogP contribution in [0.3, 0.4) is 0 Å². The maximum absolute atomic E-state index is 2.45. The number of rotatable bonds is 2. The van der Waals surface area contributed by atoms with Gasteiger partial charge in [0.05, 0.1) is 0 Å². The summed E-state index contributed by atoms with van der Waals surface area (Å²) in [6.07, 6.45) is 0. The van der Waals surface area contributed by atoms with Gasteiger partial charge in [0.25, 0.3) is 0 Å². The van der Waals surface area contributed by atoms with E-state index in [1.54, 1.807) is 0 Å². The first-order chi connectivity index (χ1) is 18.5. The molecule has 0 saturated heterocycles. The molecule has 0 heteroatoms. The molecule has 0 N–H and O–H groups in total. The topological polar surface area (TPSA) is 0 Å². The highest BCUT2D eigenvalue weighted by molar-refractivity contribution is 6.23. The molecule has 0 bridgehead atoms. The van der Waals surface area contributed by atoms with Gasteiger partial charge in [-0.25, -0.2) is 0 Å². The minimum Gasteiger partial charge on any atom is -0.0616 e. The fourth-order valence-electron chi connectivity index (χ4n) is 6.03. The zero-order valence-corrected chi connectivity index (χ0v) is 22.1. The van der Waals surface area contributed by atoms with Crippen molar-refractivity contribution in [3.05, 3.63) is 133 Å². The lowest BCUT2D eigenvalue weighted by atomic mass is 9.80. The molecule has 0 unspecified atom stereocenters. The average molecular weight is 487 g/mol. The summed E-state index contributed by atoms with van der Waals surface area (Å²) in [5.74, 6) is 0. The van der Waals surface area contributed by atoms with Crippen molar-refractivity contribution in [2.24, 2.45) is 0 Å². The molecular weight excluding hydrogens is 456 g/mol. The molecule has 0 nitrogen and oxygen atoms in total. The monoisotopic (exact) mass is 486 g/mol. The molecule has 0 aliphatic heterocycles. The van der Waals surface area contributed by atoms with Crippen molar-refractivity contribution in [2.45, 2.75) is 26.2 Å². The molecule has 0 aliphatic rings. The summed E-state index contributed by atoms with van der Waals surface area (Å²) in [6.45, 7) is 6.91. The largest absolute Gasteiger partial charge is 0.0616 e. The zero-order chi connectivity index (χ0) is 25.9. The van der Waals surface area contributed by atoms with Crippen molar-refractivity contribution in [3.8, 4) is 22.3 Å². The van der Waals surface area contributed by atoms with Crippen molar-refractivity contribution < 1.29 is 0 Å². The molecule has 182 valence electrons. The van der Waals surface area contributed by atoms with E-state index >= 15 is 0 Å². The van der Waals surface area contributed by atoms with Gasteiger partial charge in [0.2, 0.25) is 0 Å².